The largest absolute Gasteiger partial charge is 0.379 e. The number of carbonyl (C=O) groups is 1. The summed E-state index contributed by atoms with van der Waals surface area (Å²) in [5.41, 5.74) is 1.28. The molecule has 1 fully saturated rings. The van der Waals surface area contributed by atoms with Crippen LogP contribution in [0, 0.1) is 12.8 Å². The van der Waals surface area contributed by atoms with Crippen LogP contribution >= 0.6 is 23.2 Å². The smallest absolute Gasteiger partial charge is 0.231 e. The third-order valence-electron chi connectivity index (χ3n) is 3.27. The van der Waals surface area contributed by atoms with E-state index in [1.165, 1.54) is 0 Å². The molecule has 1 amide bonds. The second kappa shape index (κ2) is 6.72. The van der Waals surface area contributed by atoms with Crippen LogP contribution in [0.1, 0.15) is 12.5 Å². The van der Waals surface area contributed by atoms with Crippen molar-refractivity contribution in [3.05, 3.63) is 21.9 Å². The summed E-state index contributed by atoms with van der Waals surface area (Å²) in [4.78, 5) is 16.3. The maximum Gasteiger partial charge on any atom is 0.231 e. The fourth-order valence-electron chi connectivity index (χ4n) is 2.24. The van der Waals surface area contributed by atoms with Crippen LogP contribution in [0.3, 0.4) is 0 Å². The lowest BCUT2D eigenvalue weighted by Gasteiger charge is -2.19. The molecular weight excluding hydrogens is 301 g/mol. The van der Waals surface area contributed by atoms with Crippen LogP contribution in [0.15, 0.2) is 6.07 Å². The summed E-state index contributed by atoms with van der Waals surface area (Å²) in [6.07, 6.45) is 0. The van der Waals surface area contributed by atoms with Crippen molar-refractivity contribution in [2.75, 3.05) is 25.1 Å². The Labute approximate surface area is 128 Å². The number of carbonyl (C=O) groups excluding carboxylic acids is 1. The van der Waals surface area contributed by atoms with Gasteiger partial charge in [0.2, 0.25) is 5.91 Å². The number of ether oxygens (including phenoxy) is 1. The van der Waals surface area contributed by atoms with E-state index in [9.17, 15) is 4.79 Å². The Bertz CT molecular complexity index is 487. The second-order valence-corrected chi connectivity index (χ2v) is 5.47. The summed E-state index contributed by atoms with van der Waals surface area (Å²) in [6.45, 7) is 5.55. The zero-order valence-electron chi connectivity index (χ0n) is 11.4. The molecule has 2 atom stereocenters. The minimum absolute atomic E-state index is 0.0272. The van der Waals surface area contributed by atoms with Crippen molar-refractivity contribution in [1.29, 1.82) is 0 Å². The molecule has 1 aromatic heterocycles. The number of aromatic nitrogens is 1. The van der Waals surface area contributed by atoms with E-state index in [2.05, 4.69) is 15.6 Å². The SMILES string of the molecule is CCNC1COCC1C(=O)Nc1c(C)cc(Cl)nc1Cl. The van der Waals surface area contributed by atoms with Gasteiger partial charge in [0.15, 0.2) is 5.15 Å². The lowest BCUT2D eigenvalue weighted by molar-refractivity contribution is -0.120. The topological polar surface area (TPSA) is 63.2 Å². The van der Waals surface area contributed by atoms with Gasteiger partial charge < -0.3 is 15.4 Å². The first kappa shape index (κ1) is 15.5. The number of halogens is 2. The van der Waals surface area contributed by atoms with Gasteiger partial charge in [0.1, 0.15) is 5.15 Å². The van der Waals surface area contributed by atoms with Crippen molar-refractivity contribution in [2.24, 2.45) is 5.92 Å². The molecule has 0 spiro atoms. The van der Waals surface area contributed by atoms with E-state index in [1.54, 1.807) is 6.07 Å². The average molecular weight is 318 g/mol. The summed E-state index contributed by atoms with van der Waals surface area (Å²) >= 11 is 11.8. The summed E-state index contributed by atoms with van der Waals surface area (Å²) in [7, 11) is 0. The number of nitrogens with one attached hydrogen (secondary N) is 2. The molecule has 110 valence electrons. The van der Waals surface area contributed by atoms with E-state index in [1.807, 2.05) is 13.8 Å². The Morgan fingerprint density at radius 2 is 2.25 bits per heavy atom. The monoisotopic (exact) mass is 317 g/mol. The van der Waals surface area contributed by atoms with Crippen molar-refractivity contribution < 1.29 is 9.53 Å². The number of hydrogen-bond acceptors (Lipinski definition) is 4. The molecule has 1 saturated heterocycles. The third kappa shape index (κ3) is 3.41. The van der Waals surface area contributed by atoms with Gasteiger partial charge in [-0.2, -0.15) is 0 Å². The van der Waals surface area contributed by atoms with Crippen LogP contribution in [0.25, 0.3) is 0 Å². The lowest BCUT2D eigenvalue weighted by Crippen LogP contribution is -2.41. The highest BCUT2D eigenvalue weighted by atomic mass is 35.5. The van der Waals surface area contributed by atoms with Gasteiger partial charge in [-0.15, -0.1) is 0 Å². The molecule has 0 aliphatic carbocycles. The summed E-state index contributed by atoms with van der Waals surface area (Å²) < 4.78 is 5.37. The van der Waals surface area contributed by atoms with Gasteiger partial charge in [0.05, 0.1) is 24.8 Å². The maximum absolute atomic E-state index is 12.3. The molecule has 1 aromatic rings. The predicted octanol–water partition coefficient (Wildman–Crippen LogP) is 2.26. The van der Waals surface area contributed by atoms with Crippen molar-refractivity contribution in [3.63, 3.8) is 0 Å². The highest BCUT2D eigenvalue weighted by molar-refractivity contribution is 6.34. The molecule has 2 rings (SSSR count). The Morgan fingerprint density at radius 3 is 2.90 bits per heavy atom. The summed E-state index contributed by atoms with van der Waals surface area (Å²) in [5.74, 6) is -0.358. The van der Waals surface area contributed by atoms with E-state index >= 15 is 0 Å². The van der Waals surface area contributed by atoms with E-state index in [-0.39, 0.29) is 23.0 Å². The van der Waals surface area contributed by atoms with Crippen molar-refractivity contribution in [1.82, 2.24) is 10.3 Å². The molecule has 1 aliphatic rings. The van der Waals surface area contributed by atoms with Crippen LogP contribution in [0.2, 0.25) is 10.3 Å². The maximum atomic E-state index is 12.3. The molecule has 0 aromatic carbocycles. The molecule has 7 heteroatoms. The lowest BCUT2D eigenvalue weighted by atomic mass is 10.0. The van der Waals surface area contributed by atoms with Gasteiger partial charge in [0.25, 0.3) is 0 Å². The molecule has 0 radical (unpaired) electrons. The summed E-state index contributed by atoms with van der Waals surface area (Å²) in [6, 6.07) is 1.69. The van der Waals surface area contributed by atoms with Crippen LogP contribution in [-0.2, 0) is 9.53 Å². The number of pyridine rings is 1. The Balaban J connectivity index is 2.12. The van der Waals surface area contributed by atoms with Gasteiger partial charge in [-0.05, 0) is 25.1 Å². The number of anilines is 1. The molecule has 2 heterocycles. The molecule has 0 bridgehead atoms. The van der Waals surface area contributed by atoms with Crippen molar-refractivity contribution in [2.45, 2.75) is 19.9 Å². The molecule has 5 nitrogen and oxygen atoms in total. The van der Waals surface area contributed by atoms with E-state index in [0.29, 0.717) is 24.1 Å². The quantitative estimate of drug-likeness (QED) is 0.836. The molecule has 2 N–H and O–H groups in total. The first-order chi connectivity index (χ1) is 9.52. The minimum Gasteiger partial charge on any atom is -0.379 e. The van der Waals surface area contributed by atoms with E-state index in [0.717, 1.165) is 12.1 Å². The number of likely N-dealkylation sites (N-methyl/N-ethyl adjacent to an activating group) is 1. The van der Waals surface area contributed by atoms with Gasteiger partial charge in [-0.25, -0.2) is 4.98 Å². The zero-order chi connectivity index (χ0) is 14.7. The van der Waals surface area contributed by atoms with Crippen molar-refractivity contribution >= 4 is 34.8 Å². The van der Waals surface area contributed by atoms with Crippen LogP contribution < -0.4 is 10.6 Å². The van der Waals surface area contributed by atoms with Gasteiger partial charge >= 0.3 is 0 Å². The minimum atomic E-state index is -0.235. The highest BCUT2D eigenvalue weighted by Crippen LogP contribution is 2.27. The number of aryl methyl sites for hydroxylation is 1. The number of rotatable bonds is 4. The molecular formula is C13H17Cl2N3O2. The first-order valence-corrected chi connectivity index (χ1v) is 7.23. The predicted molar refractivity (Wildman–Crippen MR) is 79.4 cm³/mol. The fraction of sp³-hybridized carbons (Fsp3) is 0.538. The van der Waals surface area contributed by atoms with Crippen LogP contribution in [0.5, 0.6) is 0 Å². The molecule has 2 unspecified atom stereocenters. The Kier molecular flexibility index (Phi) is 5.21. The van der Waals surface area contributed by atoms with E-state index in [4.69, 9.17) is 27.9 Å². The number of amides is 1. The van der Waals surface area contributed by atoms with Crippen molar-refractivity contribution in [3.8, 4) is 0 Å². The molecule has 1 aliphatic heterocycles. The highest BCUT2D eigenvalue weighted by Gasteiger charge is 2.33. The van der Waals surface area contributed by atoms with E-state index < -0.39 is 0 Å². The van der Waals surface area contributed by atoms with Gasteiger partial charge in [-0.3, -0.25) is 4.79 Å². The standard InChI is InChI=1S/C13H17Cl2N3O2/c1-3-16-9-6-20-5-8(9)13(19)18-11-7(2)4-10(14)17-12(11)15/h4,8-9,16H,3,5-6H2,1-2H3,(H,18,19). The number of hydrogen-bond donors (Lipinski definition) is 2. The first-order valence-electron chi connectivity index (χ1n) is 6.47. The number of nitrogens with zero attached hydrogens (tertiary/aromatic N) is 1. The normalized spacial score (nSPS) is 22.0. The molecule has 0 saturated carbocycles. The fourth-order valence-corrected chi connectivity index (χ4v) is 2.82. The van der Waals surface area contributed by atoms with Gasteiger partial charge in [-0.1, -0.05) is 30.1 Å². The molecule has 20 heavy (non-hydrogen) atoms. The Hall–Kier alpha value is -0.880. The Morgan fingerprint density at radius 1 is 1.50 bits per heavy atom. The van der Waals surface area contributed by atoms with Gasteiger partial charge in [0, 0.05) is 6.04 Å². The zero-order valence-corrected chi connectivity index (χ0v) is 12.9. The second-order valence-electron chi connectivity index (χ2n) is 4.73. The average Bonchev–Trinajstić information content (AvgIpc) is 2.82. The van der Waals surface area contributed by atoms with Crippen LogP contribution in [0.4, 0.5) is 5.69 Å². The van der Waals surface area contributed by atoms with Crippen LogP contribution in [-0.4, -0.2) is 36.7 Å². The third-order valence-corrected chi connectivity index (χ3v) is 3.74. The summed E-state index contributed by atoms with van der Waals surface area (Å²) in [5, 5.41) is 6.57.